The smallest absolute Gasteiger partial charge is 0.235 e. The van der Waals surface area contributed by atoms with Crippen molar-refractivity contribution >= 4 is 87.2 Å². The molecule has 0 radical (unpaired) electrons. The summed E-state index contributed by atoms with van der Waals surface area (Å²) in [5.41, 5.74) is 10.1. The molecule has 0 saturated carbocycles. The number of hydrogen-bond acceptors (Lipinski definition) is 3. The van der Waals surface area contributed by atoms with Gasteiger partial charge in [-0.05, 0) is 53.9 Å². The van der Waals surface area contributed by atoms with E-state index in [1.807, 2.05) is 24.3 Å². The zero-order valence-corrected chi connectivity index (χ0v) is 28.4. The van der Waals surface area contributed by atoms with Crippen LogP contribution in [0.4, 0.5) is 0 Å². The van der Waals surface area contributed by atoms with Crippen LogP contribution in [0.3, 0.4) is 0 Å². The van der Waals surface area contributed by atoms with Crippen LogP contribution in [-0.4, -0.2) is 19.1 Å². The Morgan fingerprint density at radius 3 is 1.96 bits per heavy atom. The third-order valence-corrected chi connectivity index (χ3v) is 10.9. The second kappa shape index (κ2) is 10.6. The van der Waals surface area contributed by atoms with Gasteiger partial charge in [-0.1, -0.05) is 121 Å². The van der Waals surface area contributed by atoms with Gasteiger partial charge in [-0.3, -0.25) is 4.57 Å². The van der Waals surface area contributed by atoms with Gasteiger partial charge in [0, 0.05) is 43.3 Å². The fourth-order valence-corrected chi connectivity index (χ4v) is 8.71. The number of nitrogens with zero attached hydrogens (tertiary/aromatic N) is 4. The van der Waals surface area contributed by atoms with Gasteiger partial charge in [-0.15, -0.1) is 0 Å². The molecule has 8 aromatic carbocycles. The van der Waals surface area contributed by atoms with Gasteiger partial charge in [0.15, 0.2) is 0 Å². The first-order chi connectivity index (χ1) is 26.3. The molecular formula is C48H28N4O. The van der Waals surface area contributed by atoms with Crippen molar-refractivity contribution in [3.8, 4) is 22.9 Å². The first kappa shape index (κ1) is 28.5. The molecule has 0 fully saturated rings. The highest BCUT2D eigenvalue weighted by Gasteiger charge is 2.25. The molecule has 0 aliphatic heterocycles. The maximum Gasteiger partial charge on any atom is 0.235 e. The van der Waals surface area contributed by atoms with E-state index >= 15 is 0 Å². The van der Waals surface area contributed by atoms with E-state index in [1.165, 1.54) is 21.5 Å². The fourth-order valence-electron chi connectivity index (χ4n) is 8.71. The highest BCUT2D eigenvalue weighted by Crippen LogP contribution is 2.46. The minimum atomic E-state index is 0.623. The SMILES string of the molecule is c1ccc(-c2nc(-n3c4ccc5c(c6ccccc6n5-c5cccc6ccccc56)c4c4ccc5oc6ccccc6c5c43)nc3ccccc23)cc1. The molecule has 53 heavy (non-hydrogen) atoms. The minimum Gasteiger partial charge on any atom is -0.456 e. The molecule has 0 aliphatic rings. The molecule has 0 aliphatic carbocycles. The van der Waals surface area contributed by atoms with Gasteiger partial charge in [0.2, 0.25) is 5.95 Å². The average Bonchev–Trinajstić information content (AvgIpc) is 3.88. The maximum atomic E-state index is 6.51. The molecule has 4 aromatic heterocycles. The lowest BCUT2D eigenvalue weighted by Crippen LogP contribution is -2.03. The van der Waals surface area contributed by atoms with E-state index < -0.39 is 0 Å². The summed E-state index contributed by atoms with van der Waals surface area (Å²) in [6, 6.07) is 59.9. The van der Waals surface area contributed by atoms with Crippen LogP contribution >= 0.6 is 0 Å². The number of aromatic nitrogens is 4. The van der Waals surface area contributed by atoms with Crippen molar-refractivity contribution in [1.29, 1.82) is 0 Å². The molecule has 0 bridgehead atoms. The Hall–Kier alpha value is -7.24. The normalized spacial score (nSPS) is 12.2. The molecule has 246 valence electrons. The van der Waals surface area contributed by atoms with Gasteiger partial charge < -0.3 is 8.98 Å². The summed E-state index contributed by atoms with van der Waals surface area (Å²) < 4.78 is 11.2. The van der Waals surface area contributed by atoms with Crippen molar-refractivity contribution in [3.63, 3.8) is 0 Å². The summed E-state index contributed by atoms with van der Waals surface area (Å²) in [4.78, 5) is 10.8. The molecule has 12 rings (SSSR count). The minimum absolute atomic E-state index is 0.623. The van der Waals surface area contributed by atoms with E-state index in [0.717, 1.165) is 82.6 Å². The molecule has 0 atom stereocenters. The summed E-state index contributed by atoms with van der Waals surface area (Å²) in [5.74, 6) is 0.623. The maximum absolute atomic E-state index is 6.51. The van der Waals surface area contributed by atoms with E-state index in [0.29, 0.717) is 5.95 Å². The Balaban J connectivity index is 1.30. The number of benzene rings is 8. The molecule has 0 spiro atoms. The Bertz CT molecular complexity index is 3450. The molecule has 4 heterocycles. The number of furan rings is 1. The molecule has 0 unspecified atom stereocenters. The quantitative estimate of drug-likeness (QED) is 0.187. The van der Waals surface area contributed by atoms with E-state index in [4.69, 9.17) is 14.4 Å². The highest BCUT2D eigenvalue weighted by molar-refractivity contribution is 6.33. The largest absolute Gasteiger partial charge is 0.456 e. The topological polar surface area (TPSA) is 48.8 Å². The monoisotopic (exact) mass is 676 g/mol. The van der Waals surface area contributed by atoms with Crippen molar-refractivity contribution in [2.45, 2.75) is 0 Å². The summed E-state index contributed by atoms with van der Waals surface area (Å²) in [6.45, 7) is 0. The van der Waals surface area contributed by atoms with Crippen LogP contribution in [0.15, 0.2) is 174 Å². The van der Waals surface area contributed by atoms with Crippen molar-refractivity contribution in [3.05, 3.63) is 170 Å². The second-order valence-electron chi connectivity index (χ2n) is 13.7. The van der Waals surface area contributed by atoms with E-state index in [9.17, 15) is 0 Å². The van der Waals surface area contributed by atoms with Crippen LogP contribution in [0.25, 0.3) is 110 Å². The lowest BCUT2D eigenvalue weighted by atomic mass is 10.0. The van der Waals surface area contributed by atoms with Gasteiger partial charge in [-0.2, -0.15) is 0 Å². The predicted molar refractivity (Wildman–Crippen MR) is 218 cm³/mol. The first-order valence-corrected chi connectivity index (χ1v) is 17.9. The molecular weight excluding hydrogens is 649 g/mol. The van der Waals surface area contributed by atoms with Crippen LogP contribution in [-0.2, 0) is 0 Å². The molecule has 5 nitrogen and oxygen atoms in total. The van der Waals surface area contributed by atoms with Crippen molar-refractivity contribution in [1.82, 2.24) is 19.1 Å². The Morgan fingerprint density at radius 2 is 1.08 bits per heavy atom. The lowest BCUT2D eigenvalue weighted by molar-refractivity contribution is 0.669. The van der Waals surface area contributed by atoms with Crippen LogP contribution in [0, 0.1) is 0 Å². The highest BCUT2D eigenvalue weighted by atomic mass is 16.3. The van der Waals surface area contributed by atoms with Gasteiger partial charge in [0.05, 0.1) is 44.4 Å². The van der Waals surface area contributed by atoms with Gasteiger partial charge in [0.25, 0.3) is 0 Å². The zero-order valence-electron chi connectivity index (χ0n) is 28.4. The number of fused-ring (bicyclic) bond motifs is 13. The summed E-state index contributed by atoms with van der Waals surface area (Å²) in [5, 5.41) is 10.3. The summed E-state index contributed by atoms with van der Waals surface area (Å²) >= 11 is 0. The Labute approximate surface area is 302 Å². The van der Waals surface area contributed by atoms with Gasteiger partial charge in [-0.25, -0.2) is 9.97 Å². The van der Waals surface area contributed by atoms with Gasteiger partial charge in [0.1, 0.15) is 11.2 Å². The Kier molecular flexibility index (Phi) is 5.71. The van der Waals surface area contributed by atoms with E-state index in [1.54, 1.807) is 0 Å². The third-order valence-electron chi connectivity index (χ3n) is 10.9. The van der Waals surface area contributed by atoms with Crippen LogP contribution in [0.1, 0.15) is 0 Å². The van der Waals surface area contributed by atoms with Crippen LogP contribution in [0.2, 0.25) is 0 Å². The number of para-hydroxylation sites is 3. The lowest BCUT2D eigenvalue weighted by Gasteiger charge is -2.13. The summed E-state index contributed by atoms with van der Waals surface area (Å²) in [7, 11) is 0. The van der Waals surface area contributed by atoms with Crippen molar-refractivity contribution < 1.29 is 4.42 Å². The van der Waals surface area contributed by atoms with Crippen LogP contribution < -0.4 is 0 Å². The van der Waals surface area contributed by atoms with E-state index in [-0.39, 0.29) is 0 Å². The molecule has 5 heteroatoms. The van der Waals surface area contributed by atoms with E-state index in [2.05, 4.69) is 155 Å². The molecule has 0 N–H and O–H groups in total. The second-order valence-corrected chi connectivity index (χ2v) is 13.7. The first-order valence-electron chi connectivity index (χ1n) is 17.9. The fraction of sp³-hybridized carbons (Fsp3) is 0. The molecule has 12 aromatic rings. The average molecular weight is 677 g/mol. The molecule has 0 saturated heterocycles. The zero-order chi connectivity index (χ0) is 34.6. The van der Waals surface area contributed by atoms with Gasteiger partial charge >= 0.3 is 0 Å². The Morgan fingerprint density at radius 1 is 0.396 bits per heavy atom. The number of rotatable bonds is 3. The standard InChI is InChI=1S/C48H28N4O/c1-2-14-30(15-3-1)46-32-18-6-9-21-36(32)49-48(50-46)52-40-27-26-39-43(44(40)35-25-28-42-45(47(35)52)34-20-8-11-24-41(34)53-42)33-19-7-10-22-38(33)51(39)37-23-12-16-29-13-4-5-17-31(29)37/h1-28H. The molecule has 0 amide bonds. The van der Waals surface area contributed by atoms with Crippen molar-refractivity contribution in [2.24, 2.45) is 0 Å². The predicted octanol–water partition coefficient (Wildman–Crippen LogP) is 12.5. The van der Waals surface area contributed by atoms with Crippen LogP contribution in [0.5, 0.6) is 0 Å². The third kappa shape index (κ3) is 3.91. The van der Waals surface area contributed by atoms with Crippen molar-refractivity contribution in [2.75, 3.05) is 0 Å². The number of hydrogen-bond donors (Lipinski definition) is 0. The summed E-state index contributed by atoms with van der Waals surface area (Å²) in [6.07, 6.45) is 0.